The maximum Gasteiger partial charge on any atom is 0.0471 e. The number of halogens is 1. The minimum atomic E-state index is 0.700. The standard InChI is InChI=1S/C12H15BrO/c13-12-5-3-11(4-6-12)10-2-1-8-14-9-7-10/h3-6,10H,1-2,7-9H2. The van der Waals surface area contributed by atoms with Gasteiger partial charge in [-0.15, -0.1) is 0 Å². The van der Waals surface area contributed by atoms with Crippen molar-refractivity contribution >= 4 is 15.9 Å². The van der Waals surface area contributed by atoms with Crippen LogP contribution in [-0.2, 0) is 4.74 Å². The van der Waals surface area contributed by atoms with Crippen molar-refractivity contribution in [3.8, 4) is 0 Å². The summed E-state index contributed by atoms with van der Waals surface area (Å²) in [7, 11) is 0. The van der Waals surface area contributed by atoms with Gasteiger partial charge in [0.15, 0.2) is 0 Å². The monoisotopic (exact) mass is 254 g/mol. The summed E-state index contributed by atoms with van der Waals surface area (Å²) in [4.78, 5) is 0. The second kappa shape index (κ2) is 4.94. The van der Waals surface area contributed by atoms with Crippen molar-refractivity contribution in [3.63, 3.8) is 0 Å². The van der Waals surface area contributed by atoms with Crippen LogP contribution in [0, 0.1) is 0 Å². The van der Waals surface area contributed by atoms with E-state index in [2.05, 4.69) is 40.2 Å². The number of hydrogen-bond donors (Lipinski definition) is 0. The molecule has 0 bridgehead atoms. The van der Waals surface area contributed by atoms with E-state index < -0.39 is 0 Å². The van der Waals surface area contributed by atoms with Gasteiger partial charge in [0.05, 0.1) is 0 Å². The molecule has 2 heteroatoms. The van der Waals surface area contributed by atoms with Crippen LogP contribution in [0.1, 0.15) is 30.7 Å². The molecule has 1 saturated heterocycles. The van der Waals surface area contributed by atoms with Crippen molar-refractivity contribution in [2.45, 2.75) is 25.2 Å². The first-order valence-electron chi connectivity index (χ1n) is 5.19. The Morgan fingerprint density at radius 2 is 1.86 bits per heavy atom. The van der Waals surface area contributed by atoms with Crippen molar-refractivity contribution in [1.82, 2.24) is 0 Å². The van der Waals surface area contributed by atoms with Crippen LogP contribution in [0.2, 0.25) is 0 Å². The average Bonchev–Trinajstić information content (AvgIpc) is 2.47. The van der Waals surface area contributed by atoms with Crippen molar-refractivity contribution in [3.05, 3.63) is 34.3 Å². The van der Waals surface area contributed by atoms with Gasteiger partial charge in [0.25, 0.3) is 0 Å². The molecule has 1 aromatic carbocycles. The molecule has 1 aliphatic heterocycles. The molecule has 1 aromatic rings. The third-order valence-corrected chi connectivity index (χ3v) is 3.32. The lowest BCUT2D eigenvalue weighted by molar-refractivity contribution is 0.143. The third-order valence-electron chi connectivity index (χ3n) is 2.79. The van der Waals surface area contributed by atoms with Crippen LogP contribution in [0.5, 0.6) is 0 Å². The number of ether oxygens (including phenoxy) is 1. The van der Waals surface area contributed by atoms with Crippen molar-refractivity contribution in [1.29, 1.82) is 0 Å². The second-order valence-electron chi connectivity index (χ2n) is 3.79. The Morgan fingerprint density at radius 1 is 1.07 bits per heavy atom. The van der Waals surface area contributed by atoms with Gasteiger partial charge in [-0.05, 0) is 42.9 Å². The molecule has 14 heavy (non-hydrogen) atoms. The van der Waals surface area contributed by atoms with Gasteiger partial charge in [-0.1, -0.05) is 28.1 Å². The molecular formula is C12H15BrO. The quantitative estimate of drug-likeness (QED) is 0.742. The van der Waals surface area contributed by atoms with Crippen LogP contribution in [-0.4, -0.2) is 13.2 Å². The topological polar surface area (TPSA) is 9.23 Å². The highest BCUT2D eigenvalue weighted by atomic mass is 79.9. The summed E-state index contributed by atoms with van der Waals surface area (Å²) in [5.41, 5.74) is 1.46. The Bertz CT molecular complexity index is 273. The summed E-state index contributed by atoms with van der Waals surface area (Å²) in [6, 6.07) is 8.70. The molecule has 76 valence electrons. The number of rotatable bonds is 1. The summed E-state index contributed by atoms with van der Waals surface area (Å²) in [6.07, 6.45) is 3.63. The minimum Gasteiger partial charge on any atom is -0.381 e. The lowest BCUT2D eigenvalue weighted by Gasteiger charge is -2.13. The zero-order valence-electron chi connectivity index (χ0n) is 8.21. The Hall–Kier alpha value is -0.340. The molecule has 2 rings (SSSR count). The Balaban J connectivity index is 2.08. The highest BCUT2D eigenvalue weighted by molar-refractivity contribution is 9.10. The molecule has 0 radical (unpaired) electrons. The van der Waals surface area contributed by atoms with Crippen molar-refractivity contribution < 1.29 is 4.74 Å². The molecule has 1 heterocycles. The zero-order valence-corrected chi connectivity index (χ0v) is 9.79. The SMILES string of the molecule is Brc1ccc(C2CCCOCC2)cc1. The Kier molecular flexibility index (Phi) is 3.60. The molecule has 0 aromatic heterocycles. The lowest BCUT2D eigenvalue weighted by atomic mass is 9.92. The Morgan fingerprint density at radius 3 is 2.64 bits per heavy atom. The first-order valence-corrected chi connectivity index (χ1v) is 5.99. The lowest BCUT2D eigenvalue weighted by Crippen LogP contribution is -1.99. The van der Waals surface area contributed by atoms with Crippen molar-refractivity contribution in [2.24, 2.45) is 0 Å². The summed E-state index contributed by atoms with van der Waals surface area (Å²) in [6.45, 7) is 1.85. The van der Waals surface area contributed by atoms with E-state index in [0.29, 0.717) is 5.92 Å². The van der Waals surface area contributed by atoms with Crippen LogP contribution >= 0.6 is 15.9 Å². The number of hydrogen-bond acceptors (Lipinski definition) is 1. The molecule has 1 atom stereocenters. The molecule has 0 saturated carbocycles. The Labute approximate surface area is 93.6 Å². The van der Waals surface area contributed by atoms with E-state index >= 15 is 0 Å². The zero-order chi connectivity index (χ0) is 9.80. The van der Waals surface area contributed by atoms with Gasteiger partial charge in [-0.3, -0.25) is 0 Å². The van der Waals surface area contributed by atoms with E-state index in [1.54, 1.807) is 0 Å². The molecule has 0 N–H and O–H groups in total. The van der Waals surface area contributed by atoms with Crippen molar-refractivity contribution in [2.75, 3.05) is 13.2 Å². The predicted octanol–water partition coefficient (Wildman–Crippen LogP) is 3.73. The van der Waals surface area contributed by atoms with Crippen LogP contribution in [0.3, 0.4) is 0 Å². The van der Waals surface area contributed by atoms with E-state index in [4.69, 9.17) is 4.74 Å². The van der Waals surface area contributed by atoms with E-state index in [0.717, 1.165) is 17.7 Å². The molecule has 0 aliphatic carbocycles. The van der Waals surface area contributed by atoms with Crippen LogP contribution in [0.25, 0.3) is 0 Å². The smallest absolute Gasteiger partial charge is 0.0471 e. The molecule has 0 spiro atoms. The summed E-state index contributed by atoms with van der Waals surface area (Å²) in [5, 5.41) is 0. The van der Waals surface area contributed by atoms with Gasteiger partial charge in [0.1, 0.15) is 0 Å². The second-order valence-corrected chi connectivity index (χ2v) is 4.71. The average molecular weight is 255 g/mol. The fraction of sp³-hybridized carbons (Fsp3) is 0.500. The third kappa shape index (κ3) is 2.58. The highest BCUT2D eigenvalue weighted by Gasteiger charge is 2.13. The fourth-order valence-electron chi connectivity index (χ4n) is 1.97. The van der Waals surface area contributed by atoms with Gasteiger partial charge >= 0.3 is 0 Å². The molecule has 1 fully saturated rings. The van der Waals surface area contributed by atoms with Crippen LogP contribution in [0.4, 0.5) is 0 Å². The maximum absolute atomic E-state index is 5.46. The summed E-state index contributed by atoms with van der Waals surface area (Å²) < 4.78 is 6.62. The van der Waals surface area contributed by atoms with Crippen LogP contribution < -0.4 is 0 Å². The fourth-order valence-corrected chi connectivity index (χ4v) is 2.24. The van der Waals surface area contributed by atoms with Gasteiger partial charge < -0.3 is 4.74 Å². The first-order chi connectivity index (χ1) is 6.86. The van der Waals surface area contributed by atoms with Crippen LogP contribution in [0.15, 0.2) is 28.7 Å². The molecule has 0 amide bonds. The first kappa shape index (κ1) is 10.2. The maximum atomic E-state index is 5.46. The van der Waals surface area contributed by atoms with E-state index in [9.17, 15) is 0 Å². The molecule has 1 nitrogen and oxygen atoms in total. The molecule has 1 aliphatic rings. The predicted molar refractivity (Wildman–Crippen MR) is 61.6 cm³/mol. The van der Waals surface area contributed by atoms with Gasteiger partial charge in [0, 0.05) is 17.7 Å². The van der Waals surface area contributed by atoms with E-state index in [1.807, 2.05) is 0 Å². The molecule has 1 unspecified atom stereocenters. The van der Waals surface area contributed by atoms with Gasteiger partial charge in [-0.2, -0.15) is 0 Å². The van der Waals surface area contributed by atoms with Gasteiger partial charge in [-0.25, -0.2) is 0 Å². The normalized spacial score (nSPS) is 23.1. The largest absolute Gasteiger partial charge is 0.381 e. The number of benzene rings is 1. The van der Waals surface area contributed by atoms with E-state index in [1.165, 1.54) is 24.8 Å². The minimum absolute atomic E-state index is 0.700. The van der Waals surface area contributed by atoms with E-state index in [-0.39, 0.29) is 0 Å². The van der Waals surface area contributed by atoms with Gasteiger partial charge in [0.2, 0.25) is 0 Å². The summed E-state index contributed by atoms with van der Waals surface area (Å²) >= 11 is 3.46. The summed E-state index contributed by atoms with van der Waals surface area (Å²) in [5.74, 6) is 0.700. The molecular weight excluding hydrogens is 240 g/mol. The highest BCUT2D eigenvalue weighted by Crippen LogP contribution is 2.27.